The molecule has 0 bridgehead atoms. The summed E-state index contributed by atoms with van der Waals surface area (Å²) in [5.74, 6) is -0.0110. The van der Waals surface area contributed by atoms with Crippen LogP contribution in [0.25, 0.3) is 0 Å². The third kappa shape index (κ3) is 47.5. The second-order valence-corrected chi connectivity index (χ2v) is 19.0. The summed E-state index contributed by atoms with van der Waals surface area (Å²) in [6.45, 7) is 9.02. The van der Waals surface area contributed by atoms with E-state index in [1.165, 1.54) is 199 Å². The number of ether oxygens (including phenoxy) is 3. The van der Waals surface area contributed by atoms with Crippen molar-refractivity contribution in [2.45, 2.75) is 310 Å². The standard InChI is InChI=1S/C54H104O6/c1-5-7-9-11-13-15-16-17-18-19-20-21-22-26-30-33-37-41-45-52(55)58-48-51(60-54(57)47-43-39-35-28-14-12-10-8-6-2)49-59-53(56)46-42-38-34-31-27-24-23-25-29-32-36-40-44-50(3)4/h50-51H,5-49H2,1-4H3/t51-/m0/s1. The Hall–Kier alpha value is -1.59. The minimum Gasteiger partial charge on any atom is -0.462 e. The number of hydrogen-bond donors (Lipinski definition) is 0. The highest BCUT2D eigenvalue weighted by Gasteiger charge is 2.19. The summed E-state index contributed by atoms with van der Waals surface area (Å²) in [7, 11) is 0. The van der Waals surface area contributed by atoms with Crippen LogP contribution in [0, 0.1) is 5.92 Å². The van der Waals surface area contributed by atoms with Crippen molar-refractivity contribution in [2.75, 3.05) is 13.2 Å². The average Bonchev–Trinajstić information content (AvgIpc) is 3.23. The Balaban J connectivity index is 4.21. The zero-order valence-electron chi connectivity index (χ0n) is 40.9. The van der Waals surface area contributed by atoms with Gasteiger partial charge in [0.1, 0.15) is 13.2 Å². The largest absolute Gasteiger partial charge is 0.462 e. The van der Waals surface area contributed by atoms with E-state index in [9.17, 15) is 14.4 Å². The predicted octanol–water partition coefficient (Wildman–Crippen LogP) is 17.5. The number of carbonyl (C=O) groups is 3. The summed E-state index contributed by atoms with van der Waals surface area (Å²) >= 11 is 0. The lowest BCUT2D eigenvalue weighted by atomic mass is 10.0. The Morgan fingerprint density at radius 2 is 0.550 bits per heavy atom. The fraction of sp³-hybridized carbons (Fsp3) is 0.944. The molecular formula is C54H104O6. The second-order valence-electron chi connectivity index (χ2n) is 19.0. The molecule has 0 aliphatic heterocycles. The quantitative estimate of drug-likeness (QED) is 0.0345. The van der Waals surface area contributed by atoms with E-state index in [1.807, 2.05) is 0 Å². The monoisotopic (exact) mass is 849 g/mol. The van der Waals surface area contributed by atoms with Gasteiger partial charge in [-0.3, -0.25) is 14.4 Å². The zero-order chi connectivity index (χ0) is 43.8. The van der Waals surface area contributed by atoms with E-state index < -0.39 is 6.10 Å². The first-order chi connectivity index (χ1) is 29.4. The Morgan fingerprint density at radius 1 is 0.317 bits per heavy atom. The van der Waals surface area contributed by atoms with Gasteiger partial charge < -0.3 is 14.2 Å². The van der Waals surface area contributed by atoms with Gasteiger partial charge in [0.15, 0.2) is 6.10 Å². The average molecular weight is 849 g/mol. The Kier molecular flexibility index (Phi) is 47.2. The normalized spacial score (nSPS) is 11.9. The Labute approximate surface area is 374 Å². The highest BCUT2D eigenvalue weighted by Crippen LogP contribution is 2.17. The van der Waals surface area contributed by atoms with Gasteiger partial charge in [-0.25, -0.2) is 0 Å². The van der Waals surface area contributed by atoms with E-state index in [4.69, 9.17) is 14.2 Å². The van der Waals surface area contributed by atoms with Crippen LogP contribution >= 0.6 is 0 Å². The minimum absolute atomic E-state index is 0.0627. The van der Waals surface area contributed by atoms with Crippen LogP contribution in [0.15, 0.2) is 0 Å². The molecule has 0 aromatic carbocycles. The maximum atomic E-state index is 12.7. The second kappa shape index (κ2) is 48.4. The number of unbranched alkanes of at least 4 members (excludes halogenated alkanes) is 36. The van der Waals surface area contributed by atoms with Crippen molar-refractivity contribution >= 4 is 17.9 Å². The van der Waals surface area contributed by atoms with Gasteiger partial charge in [-0.1, -0.05) is 265 Å². The number of esters is 3. The van der Waals surface area contributed by atoms with Gasteiger partial charge in [0, 0.05) is 19.3 Å². The molecule has 0 fully saturated rings. The Morgan fingerprint density at radius 3 is 0.817 bits per heavy atom. The fourth-order valence-corrected chi connectivity index (χ4v) is 8.22. The molecule has 0 unspecified atom stereocenters. The molecule has 0 amide bonds. The molecule has 0 aromatic rings. The Bertz CT molecular complexity index is 903. The molecule has 60 heavy (non-hydrogen) atoms. The summed E-state index contributed by atoms with van der Waals surface area (Å²) in [5, 5.41) is 0. The molecule has 6 heteroatoms. The number of rotatable bonds is 49. The van der Waals surface area contributed by atoms with Crippen molar-refractivity contribution in [3.05, 3.63) is 0 Å². The lowest BCUT2D eigenvalue weighted by Crippen LogP contribution is -2.30. The van der Waals surface area contributed by atoms with Gasteiger partial charge >= 0.3 is 17.9 Å². The van der Waals surface area contributed by atoms with Crippen LogP contribution in [0.2, 0.25) is 0 Å². The summed E-state index contributed by atoms with van der Waals surface area (Å²) < 4.78 is 16.8. The van der Waals surface area contributed by atoms with Crippen molar-refractivity contribution in [1.82, 2.24) is 0 Å². The van der Waals surface area contributed by atoms with E-state index in [0.29, 0.717) is 19.3 Å². The van der Waals surface area contributed by atoms with E-state index in [1.54, 1.807) is 0 Å². The van der Waals surface area contributed by atoms with Crippen LogP contribution in [0.5, 0.6) is 0 Å². The van der Waals surface area contributed by atoms with Crippen LogP contribution in [0.1, 0.15) is 304 Å². The summed E-state index contributed by atoms with van der Waals surface area (Å²) in [6, 6.07) is 0. The topological polar surface area (TPSA) is 78.9 Å². The molecule has 0 saturated carbocycles. The number of carbonyl (C=O) groups excluding carboxylic acids is 3. The van der Waals surface area contributed by atoms with Gasteiger partial charge in [0.2, 0.25) is 0 Å². The van der Waals surface area contributed by atoms with Crippen molar-refractivity contribution in [3.8, 4) is 0 Å². The van der Waals surface area contributed by atoms with Crippen LogP contribution in [-0.4, -0.2) is 37.2 Å². The van der Waals surface area contributed by atoms with Crippen molar-refractivity contribution in [3.63, 3.8) is 0 Å². The van der Waals surface area contributed by atoms with E-state index in [0.717, 1.165) is 63.7 Å². The van der Waals surface area contributed by atoms with E-state index in [2.05, 4.69) is 27.7 Å². The van der Waals surface area contributed by atoms with Crippen molar-refractivity contribution in [1.29, 1.82) is 0 Å². The van der Waals surface area contributed by atoms with Gasteiger partial charge in [0.05, 0.1) is 0 Å². The summed E-state index contributed by atoms with van der Waals surface area (Å²) in [4.78, 5) is 37.9. The SMILES string of the molecule is CCCCCCCCCCCCCCCCCCCCC(=O)OC[C@@H](COC(=O)CCCCCCCCCCCCCCC(C)C)OC(=O)CCCCCCCCCCC. The van der Waals surface area contributed by atoms with E-state index >= 15 is 0 Å². The molecule has 0 aromatic heterocycles. The van der Waals surface area contributed by atoms with E-state index in [-0.39, 0.29) is 31.1 Å². The van der Waals surface area contributed by atoms with Gasteiger partial charge in [-0.15, -0.1) is 0 Å². The summed E-state index contributed by atoms with van der Waals surface area (Å²) in [6.07, 6.45) is 51.0. The van der Waals surface area contributed by atoms with Crippen molar-refractivity contribution in [2.24, 2.45) is 5.92 Å². The first-order valence-electron chi connectivity index (χ1n) is 26.9. The molecule has 0 spiro atoms. The van der Waals surface area contributed by atoms with Gasteiger partial charge in [-0.2, -0.15) is 0 Å². The molecular weight excluding hydrogens is 745 g/mol. The van der Waals surface area contributed by atoms with Crippen molar-refractivity contribution < 1.29 is 28.6 Å². The lowest BCUT2D eigenvalue weighted by molar-refractivity contribution is -0.167. The molecule has 0 saturated heterocycles. The summed E-state index contributed by atoms with van der Waals surface area (Å²) in [5.41, 5.74) is 0. The molecule has 0 aliphatic carbocycles. The van der Waals surface area contributed by atoms with Crippen LogP contribution < -0.4 is 0 Å². The third-order valence-electron chi connectivity index (χ3n) is 12.3. The highest BCUT2D eigenvalue weighted by molar-refractivity contribution is 5.71. The van der Waals surface area contributed by atoms with Crippen LogP contribution in [0.3, 0.4) is 0 Å². The van der Waals surface area contributed by atoms with Gasteiger partial charge in [0.25, 0.3) is 0 Å². The molecule has 0 aliphatic rings. The maximum absolute atomic E-state index is 12.7. The van der Waals surface area contributed by atoms with Crippen LogP contribution in [0.4, 0.5) is 0 Å². The lowest BCUT2D eigenvalue weighted by Gasteiger charge is -2.18. The molecule has 1 atom stereocenters. The predicted molar refractivity (Wildman–Crippen MR) is 257 cm³/mol. The highest BCUT2D eigenvalue weighted by atomic mass is 16.6. The molecule has 356 valence electrons. The minimum atomic E-state index is -0.760. The molecule has 0 radical (unpaired) electrons. The van der Waals surface area contributed by atoms with Gasteiger partial charge in [-0.05, 0) is 25.2 Å². The molecule has 0 N–H and O–H groups in total. The maximum Gasteiger partial charge on any atom is 0.306 e. The smallest absolute Gasteiger partial charge is 0.306 e. The fourth-order valence-electron chi connectivity index (χ4n) is 8.22. The zero-order valence-corrected chi connectivity index (χ0v) is 40.9. The number of hydrogen-bond acceptors (Lipinski definition) is 6. The third-order valence-corrected chi connectivity index (χ3v) is 12.3. The molecule has 0 rings (SSSR count). The first kappa shape index (κ1) is 58.4. The first-order valence-corrected chi connectivity index (χ1v) is 26.9. The molecule has 6 nitrogen and oxygen atoms in total. The van der Waals surface area contributed by atoms with Crippen LogP contribution in [-0.2, 0) is 28.6 Å². The molecule has 0 heterocycles.